The van der Waals surface area contributed by atoms with Crippen molar-refractivity contribution in [1.82, 2.24) is 0 Å². The van der Waals surface area contributed by atoms with E-state index < -0.39 is 0 Å². The average molecular weight is 314 g/mol. The second-order valence-corrected chi connectivity index (χ2v) is 4.82. The van der Waals surface area contributed by atoms with Crippen molar-refractivity contribution in [3.63, 3.8) is 0 Å². The normalized spacial score (nSPS) is 10.3. The molecule has 2 aromatic carbocycles. The highest BCUT2D eigenvalue weighted by atomic mass is 79.9. The van der Waals surface area contributed by atoms with Gasteiger partial charge in [-0.15, -0.1) is 0 Å². The van der Waals surface area contributed by atoms with Crippen molar-refractivity contribution in [2.75, 3.05) is 0 Å². The second-order valence-electron chi connectivity index (χ2n) is 3.47. The van der Waals surface area contributed by atoms with Gasteiger partial charge in [0.1, 0.15) is 11.5 Å². The summed E-state index contributed by atoms with van der Waals surface area (Å²) in [4.78, 5) is 0. The van der Waals surface area contributed by atoms with Crippen LogP contribution in [0, 0.1) is 0 Å². The molecule has 2 rings (SSSR count). The number of halogens is 2. The topological polar surface area (TPSA) is 29.5 Å². The maximum Gasteiger partial charge on any atom is 0.133 e. The summed E-state index contributed by atoms with van der Waals surface area (Å²) in [5.74, 6) is 1.32. The third kappa shape index (κ3) is 3.22. The number of benzene rings is 2. The smallest absolute Gasteiger partial charge is 0.133 e. The molecule has 0 aromatic heterocycles. The predicted octanol–water partition coefficient (Wildman–Crippen LogP) is 4.39. The first-order valence-electron chi connectivity index (χ1n) is 5.02. The zero-order valence-electron chi connectivity index (χ0n) is 8.86. The lowest BCUT2D eigenvalue weighted by Crippen LogP contribution is -1.91. The second kappa shape index (κ2) is 5.54. The van der Waals surface area contributed by atoms with Gasteiger partial charge in [-0.2, -0.15) is 0 Å². The van der Waals surface area contributed by atoms with E-state index in [1.807, 2.05) is 24.3 Å². The largest absolute Gasteiger partial charge is 0.457 e. The van der Waals surface area contributed by atoms with Crippen LogP contribution in [-0.4, -0.2) is 5.11 Å². The lowest BCUT2D eigenvalue weighted by Gasteiger charge is -2.10. The van der Waals surface area contributed by atoms with E-state index in [0.717, 1.165) is 4.47 Å². The van der Waals surface area contributed by atoms with Crippen molar-refractivity contribution in [2.45, 2.75) is 6.61 Å². The Balaban J connectivity index is 2.26. The molecule has 0 heterocycles. The third-order valence-electron chi connectivity index (χ3n) is 2.23. The predicted molar refractivity (Wildman–Crippen MR) is 71.6 cm³/mol. The van der Waals surface area contributed by atoms with Crippen LogP contribution in [0.5, 0.6) is 11.5 Å². The van der Waals surface area contributed by atoms with Gasteiger partial charge in [0, 0.05) is 15.1 Å². The summed E-state index contributed by atoms with van der Waals surface area (Å²) < 4.78 is 6.66. The van der Waals surface area contributed by atoms with Gasteiger partial charge in [0.25, 0.3) is 0 Å². The number of rotatable bonds is 3. The highest BCUT2D eigenvalue weighted by Crippen LogP contribution is 2.28. The van der Waals surface area contributed by atoms with Gasteiger partial charge < -0.3 is 9.84 Å². The molecule has 0 saturated heterocycles. The van der Waals surface area contributed by atoms with Gasteiger partial charge in [-0.1, -0.05) is 27.5 Å². The molecule has 2 aromatic rings. The molecule has 0 unspecified atom stereocenters. The fourth-order valence-corrected chi connectivity index (χ4v) is 1.86. The van der Waals surface area contributed by atoms with Crippen LogP contribution in [0.1, 0.15) is 5.56 Å². The van der Waals surface area contributed by atoms with E-state index in [1.54, 1.807) is 18.2 Å². The van der Waals surface area contributed by atoms with Crippen LogP contribution in [0.4, 0.5) is 0 Å². The zero-order valence-corrected chi connectivity index (χ0v) is 11.2. The Hall–Kier alpha value is -1.03. The van der Waals surface area contributed by atoms with E-state index in [0.29, 0.717) is 22.1 Å². The molecule has 0 amide bonds. The van der Waals surface area contributed by atoms with Crippen LogP contribution in [0.2, 0.25) is 5.02 Å². The zero-order chi connectivity index (χ0) is 12.3. The van der Waals surface area contributed by atoms with Crippen LogP contribution < -0.4 is 4.74 Å². The number of hydrogen-bond donors (Lipinski definition) is 1. The van der Waals surface area contributed by atoms with Crippen LogP contribution >= 0.6 is 27.5 Å². The van der Waals surface area contributed by atoms with E-state index in [4.69, 9.17) is 16.3 Å². The summed E-state index contributed by atoms with van der Waals surface area (Å²) >= 11 is 9.20. The van der Waals surface area contributed by atoms with Gasteiger partial charge >= 0.3 is 0 Å². The molecule has 0 aliphatic heterocycles. The first kappa shape index (κ1) is 12.4. The van der Waals surface area contributed by atoms with Crippen molar-refractivity contribution < 1.29 is 9.84 Å². The summed E-state index contributed by atoms with van der Waals surface area (Å²) in [6, 6.07) is 12.6. The van der Waals surface area contributed by atoms with Gasteiger partial charge in [-0.25, -0.2) is 0 Å². The Morgan fingerprint density at radius 2 is 1.82 bits per heavy atom. The van der Waals surface area contributed by atoms with Gasteiger partial charge in [0.2, 0.25) is 0 Å². The molecule has 0 fully saturated rings. The van der Waals surface area contributed by atoms with Crippen LogP contribution in [0.3, 0.4) is 0 Å². The minimum atomic E-state index is -0.105. The Bertz CT molecular complexity index is 511. The molecule has 0 atom stereocenters. The van der Waals surface area contributed by atoms with Crippen molar-refractivity contribution in [2.24, 2.45) is 0 Å². The summed E-state index contributed by atoms with van der Waals surface area (Å²) in [6.07, 6.45) is 0. The van der Waals surface area contributed by atoms with Gasteiger partial charge in [-0.05, 0) is 42.5 Å². The monoisotopic (exact) mass is 312 g/mol. The quantitative estimate of drug-likeness (QED) is 0.911. The molecule has 17 heavy (non-hydrogen) atoms. The van der Waals surface area contributed by atoms with Crippen LogP contribution in [0.25, 0.3) is 0 Å². The SMILES string of the molecule is OCc1cc(Cl)ccc1Oc1ccc(Br)cc1. The lowest BCUT2D eigenvalue weighted by atomic mass is 10.2. The van der Waals surface area contributed by atoms with Gasteiger partial charge in [-0.3, -0.25) is 0 Å². The van der Waals surface area contributed by atoms with E-state index in [-0.39, 0.29) is 6.61 Å². The molecule has 0 radical (unpaired) electrons. The highest BCUT2D eigenvalue weighted by Gasteiger charge is 2.05. The fraction of sp³-hybridized carbons (Fsp3) is 0.0769. The number of ether oxygens (including phenoxy) is 1. The molecule has 0 bridgehead atoms. The molecule has 0 spiro atoms. The maximum absolute atomic E-state index is 9.22. The summed E-state index contributed by atoms with van der Waals surface area (Å²) in [5.41, 5.74) is 0.667. The first-order valence-corrected chi connectivity index (χ1v) is 6.19. The minimum absolute atomic E-state index is 0.105. The lowest BCUT2D eigenvalue weighted by molar-refractivity contribution is 0.276. The van der Waals surface area contributed by atoms with Crippen LogP contribution in [0.15, 0.2) is 46.9 Å². The Morgan fingerprint density at radius 3 is 2.47 bits per heavy atom. The molecular weight excluding hydrogens is 303 g/mol. The average Bonchev–Trinajstić information content (AvgIpc) is 2.34. The van der Waals surface area contributed by atoms with Crippen molar-refractivity contribution in [3.05, 3.63) is 57.5 Å². The molecule has 2 nitrogen and oxygen atoms in total. The standard InChI is InChI=1S/C13H10BrClO2/c14-10-1-4-12(5-2-10)17-13-6-3-11(15)7-9(13)8-16/h1-7,16H,8H2. The number of hydrogen-bond acceptors (Lipinski definition) is 2. The van der Waals surface area contributed by atoms with E-state index in [2.05, 4.69) is 15.9 Å². The fourth-order valence-electron chi connectivity index (χ4n) is 1.40. The third-order valence-corrected chi connectivity index (χ3v) is 3.00. The molecule has 0 saturated carbocycles. The van der Waals surface area contributed by atoms with Crippen molar-refractivity contribution >= 4 is 27.5 Å². The molecule has 88 valence electrons. The van der Waals surface area contributed by atoms with Gasteiger partial charge in [0.05, 0.1) is 6.61 Å². The molecule has 0 aliphatic rings. The first-order chi connectivity index (χ1) is 8.19. The Morgan fingerprint density at radius 1 is 1.12 bits per heavy atom. The van der Waals surface area contributed by atoms with Crippen molar-refractivity contribution in [1.29, 1.82) is 0 Å². The van der Waals surface area contributed by atoms with E-state index in [9.17, 15) is 5.11 Å². The summed E-state index contributed by atoms with van der Waals surface area (Å²) in [7, 11) is 0. The summed E-state index contributed by atoms with van der Waals surface area (Å²) in [6.45, 7) is -0.105. The molecule has 1 N–H and O–H groups in total. The van der Waals surface area contributed by atoms with Crippen molar-refractivity contribution in [3.8, 4) is 11.5 Å². The molecule has 0 aliphatic carbocycles. The summed E-state index contributed by atoms with van der Waals surface area (Å²) in [5, 5.41) is 9.80. The van der Waals surface area contributed by atoms with Crippen LogP contribution in [-0.2, 0) is 6.61 Å². The number of aliphatic hydroxyl groups excluding tert-OH is 1. The van der Waals surface area contributed by atoms with E-state index in [1.165, 1.54) is 0 Å². The Labute approximate surface area is 113 Å². The maximum atomic E-state index is 9.22. The molecular formula is C13H10BrClO2. The number of aliphatic hydroxyl groups is 1. The van der Waals surface area contributed by atoms with Gasteiger partial charge in [0.15, 0.2) is 0 Å². The highest BCUT2D eigenvalue weighted by molar-refractivity contribution is 9.10. The molecule has 4 heteroatoms. The Kier molecular flexibility index (Phi) is 4.05. The minimum Gasteiger partial charge on any atom is -0.457 e. The van der Waals surface area contributed by atoms with E-state index >= 15 is 0 Å².